The number of likely N-dealkylation sites (tertiary alicyclic amines) is 1. The van der Waals surface area contributed by atoms with E-state index in [0.29, 0.717) is 0 Å². The van der Waals surface area contributed by atoms with Gasteiger partial charge >= 0.3 is 0 Å². The standard InChI is InChI=1S/C37H46N4/c1-25-16-34(17-26(2)29(25)5)36-20-32(8-12-38-36)23-40(7)22-31-10-14-41(15-11-31)24-33-9-13-39-37(21-33)35-18-27(3)30(6)28(4)19-35/h8-9,12-13,16-21,31H,10-11,14-15,22-24H2,1-7H3. The van der Waals surface area contributed by atoms with E-state index in [2.05, 4.69) is 107 Å². The predicted octanol–water partition coefficient (Wildman–Crippen LogP) is 8.01. The molecule has 0 bridgehead atoms. The fourth-order valence-electron chi connectivity index (χ4n) is 6.23. The highest BCUT2D eigenvalue weighted by atomic mass is 15.1. The molecule has 0 saturated carbocycles. The van der Waals surface area contributed by atoms with E-state index < -0.39 is 0 Å². The smallest absolute Gasteiger partial charge is 0.0705 e. The molecular formula is C37H46N4. The first-order valence-electron chi connectivity index (χ1n) is 15.1. The number of pyridine rings is 2. The minimum absolute atomic E-state index is 0.742. The third kappa shape index (κ3) is 7.12. The van der Waals surface area contributed by atoms with Crippen LogP contribution in [0.5, 0.6) is 0 Å². The van der Waals surface area contributed by atoms with E-state index in [-0.39, 0.29) is 0 Å². The van der Waals surface area contributed by atoms with Crippen LogP contribution < -0.4 is 0 Å². The van der Waals surface area contributed by atoms with Gasteiger partial charge < -0.3 is 4.90 Å². The number of hydrogen-bond donors (Lipinski definition) is 0. The van der Waals surface area contributed by atoms with Crippen LogP contribution in [0.1, 0.15) is 57.3 Å². The molecule has 2 aromatic carbocycles. The lowest BCUT2D eigenvalue weighted by Gasteiger charge is -2.34. The molecule has 0 unspecified atom stereocenters. The molecule has 41 heavy (non-hydrogen) atoms. The van der Waals surface area contributed by atoms with Crippen molar-refractivity contribution < 1.29 is 0 Å². The number of benzene rings is 2. The first-order chi connectivity index (χ1) is 19.7. The summed E-state index contributed by atoms with van der Waals surface area (Å²) < 4.78 is 0. The fourth-order valence-corrected chi connectivity index (χ4v) is 6.23. The van der Waals surface area contributed by atoms with E-state index in [4.69, 9.17) is 9.97 Å². The second kappa shape index (κ2) is 12.7. The van der Waals surface area contributed by atoms with Gasteiger partial charge in [0.2, 0.25) is 0 Å². The molecule has 214 valence electrons. The minimum Gasteiger partial charge on any atom is -0.302 e. The number of rotatable bonds is 8. The van der Waals surface area contributed by atoms with Crippen LogP contribution in [0.3, 0.4) is 0 Å². The van der Waals surface area contributed by atoms with E-state index in [1.165, 1.54) is 68.5 Å². The molecule has 2 aromatic heterocycles. The van der Waals surface area contributed by atoms with Gasteiger partial charge in [0.25, 0.3) is 0 Å². The Kier molecular flexibility index (Phi) is 9.01. The molecule has 5 rings (SSSR count). The van der Waals surface area contributed by atoms with Crippen molar-refractivity contribution in [1.29, 1.82) is 0 Å². The zero-order valence-electron chi connectivity index (χ0n) is 26.1. The van der Waals surface area contributed by atoms with Gasteiger partial charge in [0, 0.05) is 43.2 Å². The largest absolute Gasteiger partial charge is 0.302 e. The first-order valence-corrected chi connectivity index (χ1v) is 15.1. The van der Waals surface area contributed by atoms with Gasteiger partial charge in [-0.3, -0.25) is 14.9 Å². The van der Waals surface area contributed by atoms with Crippen LogP contribution >= 0.6 is 0 Å². The SMILES string of the molecule is Cc1cc(-c2cc(CN(C)CC3CCN(Cc4ccnc(-c5cc(C)c(C)c(C)c5)c4)CC3)ccn2)cc(C)c1C. The molecule has 4 nitrogen and oxygen atoms in total. The van der Waals surface area contributed by atoms with Gasteiger partial charge in [-0.25, -0.2) is 0 Å². The monoisotopic (exact) mass is 546 g/mol. The molecule has 1 saturated heterocycles. The fraction of sp³-hybridized carbons (Fsp3) is 0.405. The topological polar surface area (TPSA) is 32.3 Å². The molecule has 0 atom stereocenters. The molecule has 0 radical (unpaired) electrons. The van der Waals surface area contributed by atoms with Crippen LogP contribution in [0.4, 0.5) is 0 Å². The van der Waals surface area contributed by atoms with Gasteiger partial charge in [0.15, 0.2) is 0 Å². The quantitative estimate of drug-likeness (QED) is 0.224. The predicted molar refractivity (Wildman–Crippen MR) is 172 cm³/mol. The highest BCUT2D eigenvalue weighted by molar-refractivity contribution is 5.64. The number of aromatic nitrogens is 2. The van der Waals surface area contributed by atoms with Gasteiger partial charge in [-0.15, -0.1) is 0 Å². The highest BCUT2D eigenvalue weighted by Gasteiger charge is 2.21. The summed E-state index contributed by atoms with van der Waals surface area (Å²) in [6, 6.07) is 18.0. The van der Waals surface area contributed by atoms with Crippen molar-refractivity contribution in [3.05, 3.63) is 105 Å². The normalized spacial score (nSPS) is 14.6. The minimum atomic E-state index is 0.742. The van der Waals surface area contributed by atoms with Crippen molar-refractivity contribution >= 4 is 0 Å². The van der Waals surface area contributed by atoms with E-state index in [1.807, 2.05) is 12.4 Å². The highest BCUT2D eigenvalue weighted by Crippen LogP contribution is 2.27. The zero-order chi connectivity index (χ0) is 29.1. The summed E-state index contributed by atoms with van der Waals surface area (Å²) in [6.45, 7) is 18.6. The number of hydrogen-bond acceptors (Lipinski definition) is 4. The van der Waals surface area contributed by atoms with Gasteiger partial charge in [-0.05, 0) is 173 Å². The van der Waals surface area contributed by atoms with Gasteiger partial charge in [0.05, 0.1) is 11.4 Å². The summed E-state index contributed by atoms with van der Waals surface area (Å²) >= 11 is 0. The molecule has 1 fully saturated rings. The van der Waals surface area contributed by atoms with Crippen molar-refractivity contribution in [2.24, 2.45) is 5.92 Å². The van der Waals surface area contributed by atoms with Crippen molar-refractivity contribution in [3.8, 4) is 22.5 Å². The molecule has 4 heteroatoms. The zero-order valence-corrected chi connectivity index (χ0v) is 26.1. The summed E-state index contributed by atoms with van der Waals surface area (Å²) in [4.78, 5) is 14.5. The molecule has 0 N–H and O–H groups in total. The van der Waals surface area contributed by atoms with Crippen LogP contribution in [0.2, 0.25) is 0 Å². The van der Waals surface area contributed by atoms with Crippen LogP contribution in [0.25, 0.3) is 22.5 Å². The first kappa shape index (κ1) is 29.2. The van der Waals surface area contributed by atoms with Crippen LogP contribution in [0.15, 0.2) is 60.9 Å². The summed E-state index contributed by atoms with van der Waals surface area (Å²) in [7, 11) is 2.26. The van der Waals surface area contributed by atoms with Crippen LogP contribution in [-0.2, 0) is 13.1 Å². The van der Waals surface area contributed by atoms with Crippen molar-refractivity contribution in [3.63, 3.8) is 0 Å². The maximum absolute atomic E-state index is 4.70. The summed E-state index contributed by atoms with van der Waals surface area (Å²) in [5, 5.41) is 0. The molecule has 1 aliphatic heterocycles. The van der Waals surface area contributed by atoms with Crippen LogP contribution in [-0.4, -0.2) is 46.4 Å². The summed E-state index contributed by atoms with van der Waals surface area (Å²) in [5.74, 6) is 0.742. The van der Waals surface area contributed by atoms with Crippen molar-refractivity contribution in [1.82, 2.24) is 19.8 Å². The Hall–Kier alpha value is -3.34. The van der Waals surface area contributed by atoms with E-state index >= 15 is 0 Å². The Balaban J connectivity index is 1.14. The van der Waals surface area contributed by atoms with E-state index in [9.17, 15) is 0 Å². The molecular weight excluding hydrogens is 500 g/mol. The Morgan fingerprint density at radius 2 is 1.15 bits per heavy atom. The number of piperidine rings is 1. The average molecular weight is 547 g/mol. The lowest BCUT2D eigenvalue weighted by atomic mass is 9.95. The second-order valence-corrected chi connectivity index (χ2v) is 12.5. The second-order valence-electron chi connectivity index (χ2n) is 12.5. The molecule has 3 heterocycles. The van der Waals surface area contributed by atoms with Gasteiger partial charge in [-0.1, -0.05) is 0 Å². The average Bonchev–Trinajstić information content (AvgIpc) is 2.95. The Morgan fingerprint density at radius 3 is 1.66 bits per heavy atom. The van der Waals surface area contributed by atoms with Crippen molar-refractivity contribution in [2.75, 3.05) is 26.7 Å². The Bertz CT molecular complexity index is 1470. The summed E-state index contributed by atoms with van der Waals surface area (Å²) in [5.41, 5.74) is 15.3. The van der Waals surface area contributed by atoms with E-state index in [0.717, 1.165) is 50.0 Å². The van der Waals surface area contributed by atoms with Crippen molar-refractivity contribution in [2.45, 2.75) is 67.5 Å². The molecule has 0 spiro atoms. The number of aryl methyl sites for hydroxylation is 4. The molecule has 4 aromatic rings. The lowest BCUT2D eigenvalue weighted by Crippen LogP contribution is -2.37. The third-order valence-electron chi connectivity index (χ3n) is 9.23. The van der Waals surface area contributed by atoms with Gasteiger partial charge in [0.1, 0.15) is 0 Å². The maximum Gasteiger partial charge on any atom is 0.0705 e. The van der Waals surface area contributed by atoms with E-state index in [1.54, 1.807) is 0 Å². The van der Waals surface area contributed by atoms with Crippen LogP contribution in [0, 0.1) is 47.5 Å². The Labute approximate surface area is 247 Å². The maximum atomic E-state index is 4.70. The molecule has 0 aliphatic carbocycles. The summed E-state index contributed by atoms with van der Waals surface area (Å²) in [6.07, 6.45) is 6.44. The number of nitrogens with zero attached hydrogens (tertiary/aromatic N) is 4. The van der Waals surface area contributed by atoms with Gasteiger partial charge in [-0.2, -0.15) is 0 Å². The third-order valence-corrected chi connectivity index (χ3v) is 9.23. The Morgan fingerprint density at radius 1 is 0.683 bits per heavy atom. The molecule has 0 amide bonds. The molecule has 1 aliphatic rings. The lowest BCUT2D eigenvalue weighted by molar-refractivity contribution is 0.147.